The standard InChI is InChI=1S/C74H59N4O.Pt/c1-73(2,3)57-38-35-53(36-39-57)61-31-20-32-62(56-28-18-27-54(43-56)50-21-10-7-11-22-50)72(61)77-49-76(68-33-16-17-34-69(68)77)58-29-19-30-59(45-58)79-60-40-41-63-64-44-55(51-23-12-8-13-24-51)37-42-67(64)78(70(63)46-60)71-47-66(74(4,5)6)65(48-75-71)52-25-14-9-15-26-52;/h7-44,47-49H,1-6H3;/q-3;/i19D,29D,30D;. The topological polar surface area (TPSA) is 33.5 Å². The Balaban J connectivity index is 0.00000680. The van der Waals surface area contributed by atoms with Gasteiger partial charge in [-0.2, -0.15) is 12.1 Å². The summed E-state index contributed by atoms with van der Waals surface area (Å²) in [5.74, 6) is 1.06. The molecule has 6 heteroatoms. The van der Waals surface area contributed by atoms with Gasteiger partial charge in [0.1, 0.15) is 5.82 Å². The molecule has 0 aliphatic carbocycles. The molecule has 13 rings (SSSR count). The molecule has 0 atom stereocenters. The van der Waals surface area contributed by atoms with Gasteiger partial charge in [-0.3, -0.25) is 0 Å². The molecule has 0 N–H and O–H groups in total. The summed E-state index contributed by atoms with van der Waals surface area (Å²) >= 11 is 0. The third kappa shape index (κ3) is 9.82. The van der Waals surface area contributed by atoms with E-state index in [4.69, 9.17) is 9.72 Å². The second-order valence-electron chi connectivity index (χ2n) is 22.3. The molecule has 0 fully saturated rings. The number of ether oxygens (including phenoxy) is 1. The Labute approximate surface area is 488 Å². The smallest absolute Gasteiger partial charge is 0.135 e. The van der Waals surface area contributed by atoms with Crippen molar-refractivity contribution in [2.24, 2.45) is 0 Å². The Morgan fingerprint density at radius 2 is 1.05 bits per heavy atom. The predicted octanol–water partition coefficient (Wildman–Crippen LogP) is 19.9. The van der Waals surface area contributed by atoms with Gasteiger partial charge in [0.05, 0.1) is 0 Å². The summed E-state index contributed by atoms with van der Waals surface area (Å²) in [6.45, 7) is 15.4. The van der Waals surface area contributed by atoms with Crippen LogP contribution in [0.4, 0.5) is 22.7 Å². The number of aromatic nitrogens is 2. The van der Waals surface area contributed by atoms with E-state index in [1.807, 2.05) is 66.3 Å². The van der Waals surface area contributed by atoms with E-state index in [9.17, 15) is 4.11 Å². The van der Waals surface area contributed by atoms with Gasteiger partial charge in [-0.25, -0.2) is 4.98 Å². The molecule has 80 heavy (non-hydrogen) atoms. The van der Waals surface area contributed by atoms with Crippen LogP contribution in [0.25, 0.3) is 83.3 Å². The third-order valence-corrected chi connectivity index (χ3v) is 15.1. The normalized spacial score (nSPS) is 12.9. The Morgan fingerprint density at radius 1 is 0.475 bits per heavy atom. The largest absolute Gasteiger partial charge is 0.509 e. The number of nitrogens with zero attached hydrogens (tertiary/aromatic N) is 4. The second-order valence-corrected chi connectivity index (χ2v) is 22.3. The van der Waals surface area contributed by atoms with Crippen molar-refractivity contribution in [2.75, 3.05) is 9.80 Å². The minimum atomic E-state index is -0.285. The van der Waals surface area contributed by atoms with E-state index in [-0.39, 0.29) is 61.5 Å². The van der Waals surface area contributed by atoms with Crippen LogP contribution in [0, 0.1) is 18.8 Å². The van der Waals surface area contributed by atoms with Crippen LogP contribution in [0.2, 0.25) is 0 Å². The van der Waals surface area contributed by atoms with Crippen LogP contribution in [0.1, 0.15) is 56.8 Å². The molecule has 3 heterocycles. The van der Waals surface area contributed by atoms with Crippen LogP contribution in [-0.4, -0.2) is 9.55 Å². The Hall–Kier alpha value is -8.76. The zero-order chi connectivity index (χ0) is 56.4. The first-order chi connectivity index (χ1) is 39.7. The number of anilines is 4. The van der Waals surface area contributed by atoms with Crippen LogP contribution in [0.5, 0.6) is 11.5 Å². The molecule has 0 radical (unpaired) electrons. The predicted molar refractivity (Wildman–Crippen MR) is 329 cm³/mol. The molecule has 0 saturated heterocycles. The van der Waals surface area contributed by atoms with Crippen molar-refractivity contribution in [3.8, 4) is 73.0 Å². The zero-order valence-electron chi connectivity index (χ0n) is 48.5. The maximum atomic E-state index is 9.53. The fraction of sp³-hybridized carbons (Fsp3) is 0.108. The molecule has 10 aromatic carbocycles. The molecule has 0 unspecified atom stereocenters. The number of fused-ring (bicyclic) bond motifs is 4. The van der Waals surface area contributed by atoms with Gasteiger partial charge in [0.15, 0.2) is 0 Å². The Morgan fingerprint density at radius 3 is 1.73 bits per heavy atom. The molecule has 0 bridgehead atoms. The van der Waals surface area contributed by atoms with Crippen LogP contribution in [0.3, 0.4) is 0 Å². The van der Waals surface area contributed by atoms with Gasteiger partial charge in [-0.05, 0) is 99.4 Å². The molecule has 0 saturated carbocycles. The molecular formula is C74H59N4OPt-3. The van der Waals surface area contributed by atoms with Gasteiger partial charge in [0, 0.05) is 79.4 Å². The summed E-state index contributed by atoms with van der Waals surface area (Å²) in [7, 11) is 0. The Kier molecular flexibility index (Phi) is 12.8. The van der Waals surface area contributed by atoms with E-state index in [2.05, 4.69) is 233 Å². The van der Waals surface area contributed by atoms with Crippen molar-refractivity contribution in [3.05, 3.63) is 273 Å². The minimum Gasteiger partial charge on any atom is -0.509 e. The van der Waals surface area contributed by atoms with E-state index in [0.717, 1.165) is 106 Å². The average molecular weight is 1220 g/mol. The monoisotopic (exact) mass is 1220 g/mol. The van der Waals surface area contributed by atoms with E-state index in [1.165, 1.54) is 5.56 Å². The first kappa shape index (κ1) is 48.4. The van der Waals surface area contributed by atoms with E-state index in [1.54, 1.807) is 0 Å². The fourth-order valence-corrected chi connectivity index (χ4v) is 11.0. The summed E-state index contributed by atoms with van der Waals surface area (Å²) in [4.78, 5) is 9.27. The summed E-state index contributed by atoms with van der Waals surface area (Å²) in [5, 5.41) is 1.97. The summed E-state index contributed by atoms with van der Waals surface area (Å²) in [6.07, 6.45) is 1.98. The summed E-state index contributed by atoms with van der Waals surface area (Å²) in [6, 6.07) is 82.2. The molecule has 12 aromatic rings. The van der Waals surface area contributed by atoms with Crippen molar-refractivity contribution in [1.82, 2.24) is 9.55 Å². The molecule has 0 amide bonds. The fourth-order valence-electron chi connectivity index (χ4n) is 11.0. The van der Waals surface area contributed by atoms with Crippen molar-refractivity contribution < 1.29 is 29.9 Å². The van der Waals surface area contributed by atoms with Gasteiger partial charge in [0.2, 0.25) is 0 Å². The first-order valence-corrected chi connectivity index (χ1v) is 26.9. The van der Waals surface area contributed by atoms with E-state index >= 15 is 0 Å². The second kappa shape index (κ2) is 21.1. The molecule has 1 aliphatic rings. The first-order valence-electron chi connectivity index (χ1n) is 28.4. The maximum absolute atomic E-state index is 9.53. The van der Waals surface area contributed by atoms with Gasteiger partial charge in [0.25, 0.3) is 0 Å². The number of hydrogen-bond donors (Lipinski definition) is 0. The third-order valence-electron chi connectivity index (χ3n) is 15.1. The SMILES string of the molecule is [2H]c1c(Oc2[c-]c3c(cc2)c2cc(-c4ccccc4)ccc2n3-c2cc(C(C)(C)C)c(-c3ccccc3)cn2)[c-]c(N2[CH-]N(c3c(-c4ccc(C(C)(C)C)cc4)cccc3-c3cccc(-c4ccccc4)c3)c3ccccc32)c([2H])c1[2H].[Pt]. The van der Waals surface area contributed by atoms with Crippen molar-refractivity contribution in [2.45, 2.75) is 52.4 Å². The number of pyridine rings is 1. The average Bonchev–Trinajstić information content (AvgIpc) is 2.94. The van der Waals surface area contributed by atoms with Gasteiger partial charge < -0.3 is 19.1 Å². The van der Waals surface area contributed by atoms with Gasteiger partial charge >= 0.3 is 0 Å². The number of benzene rings is 10. The number of rotatable bonds is 10. The van der Waals surface area contributed by atoms with E-state index < -0.39 is 0 Å². The summed E-state index contributed by atoms with van der Waals surface area (Å²) in [5.41, 5.74) is 17.4. The maximum Gasteiger partial charge on any atom is 0.135 e. The van der Waals surface area contributed by atoms with Gasteiger partial charge in [-0.1, -0.05) is 223 Å². The van der Waals surface area contributed by atoms with Crippen molar-refractivity contribution in [3.63, 3.8) is 0 Å². The number of hydrogen-bond acceptors (Lipinski definition) is 4. The zero-order valence-corrected chi connectivity index (χ0v) is 47.7. The molecular weight excluding hydrogens is 1160 g/mol. The van der Waals surface area contributed by atoms with Crippen molar-refractivity contribution in [1.29, 1.82) is 0 Å². The molecule has 0 spiro atoms. The van der Waals surface area contributed by atoms with Crippen LogP contribution in [-0.2, 0) is 31.9 Å². The Bertz CT molecular complexity index is 4400. The molecule has 2 aromatic heterocycles. The minimum absolute atomic E-state index is 0. The van der Waals surface area contributed by atoms with Gasteiger partial charge in [-0.15, -0.1) is 48.0 Å². The van der Waals surface area contributed by atoms with Crippen LogP contribution in [0.15, 0.2) is 243 Å². The molecule has 5 nitrogen and oxygen atoms in total. The van der Waals surface area contributed by atoms with Crippen LogP contribution >= 0.6 is 0 Å². The van der Waals surface area contributed by atoms with Crippen molar-refractivity contribution >= 4 is 44.6 Å². The van der Waals surface area contributed by atoms with Crippen LogP contribution < -0.4 is 14.5 Å². The summed E-state index contributed by atoms with van der Waals surface area (Å²) < 4.78 is 37.1. The molecule has 1 aliphatic heterocycles. The number of para-hydroxylation sites is 3. The quantitative estimate of drug-likeness (QED) is 0.128. The molecule has 394 valence electrons. The van der Waals surface area contributed by atoms with E-state index in [0.29, 0.717) is 5.75 Å².